The summed E-state index contributed by atoms with van der Waals surface area (Å²) in [7, 11) is 0. The number of imidazole rings is 1. The quantitative estimate of drug-likeness (QED) is 0.267. The molecule has 1 aliphatic carbocycles. The number of ether oxygens (including phenoxy) is 1. The van der Waals surface area contributed by atoms with E-state index in [2.05, 4.69) is 16.9 Å². The average Bonchev–Trinajstić information content (AvgIpc) is 3.25. The second-order valence-electron chi connectivity index (χ2n) is 8.39. The zero-order chi connectivity index (χ0) is 22.9. The largest absolute Gasteiger partial charge is 0.507 e. The minimum absolute atomic E-state index is 0.0609. The van der Waals surface area contributed by atoms with Crippen molar-refractivity contribution in [2.45, 2.75) is 26.2 Å². The molecule has 0 unspecified atom stereocenters. The van der Waals surface area contributed by atoms with Crippen LogP contribution in [0.25, 0.3) is 27.5 Å². The van der Waals surface area contributed by atoms with E-state index in [1.165, 1.54) is 0 Å². The van der Waals surface area contributed by atoms with Crippen LogP contribution in [0.5, 0.6) is 0 Å². The van der Waals surface area contributed by atoms with Gasteiger partial charge in [-0.2, -0.15) is 5.26 Å². The lowest BCUT2D eigenvalue weighted by molar-refractivity contribution is 0.0503. The van der Waals surface area contributed by atoms with Crippen molar-refractivity contribution < 1.29 is 14.6 Å². The predicted molar refractivity (Wildman–Crippen MR) is 124 cm³/mol. The van der Waals surface area contributed by atoms with Crippen molar-refractivity contribution in [3.05, 3.63) is 76.9 Å². The number of hydrogen-bond donors (Lipinski definition) is 2. The van der Waals surface area contributed by atoms with Crippen molar-refractivity contribution in [2.24, 2.45) is 5.92 Å². The molecular formula is C26H22N4O3. The number of allylic oxidation sites excluding steroid dienone is 1. The van der Waals surface area contributed by atoms with Crippen LogP contribution in [0.2, 0.25) is 0 Å². The van der Waals surface area contributed by atoms with E-state index in [0.717, 1.165) is 46.9 Å². The maximum atomic E-state index is 13.2. The van der Waals surface area contributed by atoms with Crippen LogP contribution in [-0.4, -0.2) is 32.6 Å². The Kier molecular flexibility index (Phi) is 5.27. The third kappa shape index (κ3) is 3.80. The van der Waals surface area contributed by atoms with E-state index in [1.54, 1.807) is 6.07 Å². The molecule has 33 heavy (non-hydrogen) atoms. The highest BCUT2D eigenvalue weighted by Crippen LogP contribution is 2.32. The highest BCUT2D eigenvalue weighted by Gasteiger charge is 2.26. The van der Waals surface area contributed by atoms with E-state index in [-0.39, 0.29) is 17.2 Å². The smallest absolute Gasteiger partial charge is 0.339 e. The number of nitrogens with one attached hydrogen (secondary N) is 1. The molecule has 164 valence electrons. The zero-order valence-electron chi connectivity index (χ0n) is 18.1. The fourth-order valence-corrected chi connectivity index (χ4v) is 4.40. The monoisotopic (exact) mass is 438 g/mol. The van der Waals surface area contributed by atoms with Gasteiger partial charge >= 0.3 is 5.97 Å². The van der Waals surface area contributed by atoms with Crippen molar-refractivity contribution in [1.29, 1.82) is 5.26 Å². The molecule has 0 radical (unpaired) electrons. The molecule has 2 aromatic heterocycles. The Balaban J connectivity index is 1.47. The molecule has 2 heterocycles. The lowest BCUT2D eigenvalue weighted by Gasteiger charge is -2.24. The number of carbonyl (C=O) groups is 1. The van der Waals surface area contributed by atoms with Crippen molar-refractivity contribution in [2.75, 3.05) is 6.61 Å². The van der Waals surface area contributed by atoms with Gasteiger partial charge in [-0.15, -0.1) is 0 Å². The van der Waals surface area contributed by atoms with E-state index >= 15 is 0 Å². The van der Waals surface area contributed by atoms with Crippen LogP contribution >= 0.6 is 0 Å². The summed E-state index contributed by atoms with van der Waals surface area (Å²) in [5.41, 5.74) is 4.45. The molecule has 0 aliphatic heterocycles. The number of pyridine rings is 1. The first-order valence-electron chi connectivity index (χ1n) is 10.9. The first-order chi connectivity index (χ1) is 16.0. The van der Waals surface area contributed by atoms with E-state index in [0.29, 0.717) is 17.0 Å². The van der Waals surface area contributed by atoms with E-state index in [4.69, 9.17) is 9.72 Å². The van der Waals surface area contributed by atoms with Crippen molar-refractivity contribution in [3.63, 3.8) is 0 Å². The molecule has 5 rings (SSSR count). The van der Waals surface area contributed by atoms with Crippen LogP contribution in [0, 0.1) is 17.2 Å². The fraction of sp³-hybridized carbons (Fsp3) is 0.231. The third-order valence-electron chi connectivity index (χ3n) is 6.08. The lowest BCUT2D eigenvalue weighted by Crippen LogP contribution is -2.20. The molecule has 0 saturated carbocycles. The molecule has 7 heteroatoms. The Morgan fingerprint density at radius 2 is 1.94 bits per heavy atom. The van der Waals surface area contributed by atoms with Crippen LogP contribution in [0.1, 0.15) is 40.8 Å². The lowest BCUT2D eigenvalue weighted by atomic mass is 9.84. The number of nitrogens with zero attached hydrogens (tertiary/aromatic N) is 3. The Morgan fingerprint density at radius 3 is 2.73 bits per heavy atom. The van der Waals surface area contributed by atoms with Crippen LogP contribution in [0.15, 0.2) is 54.3 Å². The molecule has 4 aromatic rings. The Labute approximate surface area is 190 Å². The molecule has 0 saturated heterocycles. The highest BCUT2D eigenvalue weighted by molar-refractivity contribution is 6.05. The number of para-hydroxylation sites is 3. The van der Waals surface area contributed by atoms with Crippen molar-refractivity contribution >= 4 is 33.5 Å². The van der Waals surface area contributed by atoms with Gasteiger partial charge in [-0.3, -0.25) is 4.98 Å². The second kappa shape index (κ2) is 8.40. The number of aromatic amines is 1. The minimum atomic E-state index is -0.535. The summed E-state index contributed by atoms with van der Waals surface area (Å²) in [4.78, 5) is 25.4. The van der Waals surface area contributed by atoms with Crippen LogP contribution in [-0.2, 0) is 17.6 Å². The summed E-state index contributed by atoms with van der Waals surface area (Å²) in [6.45, 7) is 1.73. The summed E-state index contributed by atoms with van der Waals surface area (Å²) in [6.07, 6.45) is 2.60. The maximum absolute atomic E-state index is 13.2. The number of fused-ring (bicyclic) bond motifs is 3. The normalized spacial score (nSPS) is 16.2. The van der Waals surface area contributed by atoms with Crippen molar-refractivity contribution in [1.82, 2.24) is 15.0 Å². The van der Waals surface area contributed by atoms with Gasteiger partial charge in [0, 0.05) is 11.1 Å². The SMILES string of the molecule is C[C@@H]1CCc2nc3ccccc3c(C(=O)OCC(O)=C(C#N)c3nc4ccccc4[nH]3)c2C1. The van der Waals surface area contributed by atoms with Crippen LogP contribution in [0.3, 0.4) is 0 Å². The number of hydrogen-bond acceptors (Lipinski definition) is 6. The minimum Gasteiger partial charge on any atom is -0.507 e. The molecule has 0 bridgehead atoms. The van der Waals surface area contributed by atoms with Gasteiger partial charge in [0.05, 0.1) is 22.1 Å². The van der Waals surface area contributed by atoms with Crippen molar-refractivity contribution in [3.8, 4) is 6.07 Å². The molecule has 0 fully saturated rings. The van der Waals surface area contributed by atoms with E-state index in [1.807, 2.05) is 48.5 Å². The van der Waals surface area contributed by atoms with Gasteiger partial charge < -0.3 is 14.8 Å². The van der Waals surface area contributed by atoms with Gasteiger partial charge in [-0.1, -0.05) is 37.3 Å². The number of aliphatic hydroxyl groups is 1. The molecular weight excluding hydrogens is 416 g/mol. The molecule has 0 spiro atoms. The summed E-state index contributed by atoms with van der Waals surface area (Å²) in [6, 6.07) is 16.8. The molecule has 7 nitrogen and oxygen atoms in total. The summed E-state index contributed by atoms with van der Waals surface area (Å²) < 4.78 is 5.51. The van der Waals surface area contributed by atoms with E-state index < -0.39 is 12.6 Å². The third-order valence-corrected chi connectivity index (χ3v) is 6.08. The maximum Gasteiger partial charge on any atom is 0.339 e. The van der Waals surface area contributed by atoms with Crippen LogP contribution < -0.4 is 0 Å². The van der Waals surface area contributed by atoms with Gasteiger partial charge in [0.2, 0.25) is 0 Å². The summed E-state index contributed by atoms with van der Waals surface area (Å²) in [5.74, 6) is -0.218. The number of carbonyl (C=O) groups excluding carboxylic acids is 1. The number of esters is 1. The zero-order valence-corrected chi connectivity index (χ0v) is 18.1. The van der Waals surface area contributed by atoms with Gasteiger partial charge in [-0.05, 0) is 48.9 Å². The van der Waals surface area contributed by atoms with E-state index in [9.17, 15) is 15.2 Å². The first-order valence-corrected chi connectivity index (χ1v) is 10.9. The number of nitriles is 1. The van der Waals surface area contributed by atoms with Gasteiger partial charge in [-0.25, -0.2) is 9.78 Å². The number of benzene rings is 2. The number of H-pyrrole nitrogens is 1. The molecule has 1 atom stereocenters. The number of aromatic nitrogens is 3. The average molecular weight is 438 g/mol. The number of aryl methyl sites for hydroxylation is 1. The molecule has 2 aromatic carbocycles. The summed E-state index contributed by atoms with van der Waals surface area (Å²) in [5, 5.41) is 20.9. The topological polar surface area (TPSA) is 112 Å². The van der Waals surface area contributed by atoms with Gasteiger partial charge in [0.1, 0.15) is 18.2 Å². The Hall–Kier alpha value is -4.18. The number of rotatable bonds is 4. The van der Waals surface area contributed by atoms with Gasteiger partial charge in [0.25, 0.3) is 0 Å². The second-order valence-corrected chi connectivity index (χ2v) is 8.39. The molecule has 0 amide bonds. The Morgan fingerprint density at radius 1 is 1.18 bits per heavy atom. The first kappa shape index (κ1) is 20.7. The standard InChI is InChI=1S/C26H22N4O3/c1-15-10-11-20-17(12-15)24(16-6-2-3-7-19(16)28-20)26(32)33-14-23(31)18(13-27)25-29-21-8-4-5-9-22(21)30-25/h2-9,15,31H,10-12,14H2,1H3,(H,29,30)/t15-/m1/s1. The molecule has 1 aliphatic rings. The Bertz CT molecular complexity index is 1430. The van der Waals surface area contributed by atoms with Gasteiger partial charge in [0.15, 0.2) is 11.6 Å². The fourth-order valence-electron chi connectivity index (χ4n) is 4.40. The number of aliphatic hydroxyl groups excluding tert-OH is 1. The predicted octanol–water partition coefficient (Wildman–Crippen LogP) is 4.89. The summed E-state index contributed by atoms with van der Waals surface area (Å²) >= 11 is 0. The highest BCUT2D eigenvalue weighted by atomic mass is 16.5. The van der Waals surface area contributed by atoms with Crippen LogP contribution in [0.4, 0.5) is 0 Å². The molecule has 2 N–H and O–H groups in total.